The number of ether oxygens (including phenoxy) is 1. The number of benzene rings is 1. The highest BCUT2D eigenvalue weighted by molar-refractivity contribution is 9.12. The van der Waals surface area contributed by atoms with Crippen LogP contribution >= 0.6 is 15.9 Å². The van der Waals surface area contributed by atoms with E-state index in [1.807, 2.05) is 42.5 Å². The van der Waals surface area contributed by atoms with Gasteiger partial charge in [0.15, 0.2) is 0 Å². The maximum absolute atomic E-state index is 11.2. The van der Waals surface area contributed by atoms with E-state index in [0.717, 1.165) is 5.56 Å². The van der Waals surface area contributed by atoms with E-state index < -0.39 is 0 Å². The molecule has 0 saturated heterocycles. The fourth-order valence-corrected chi connectivity index (χ4v) is 1.52. The molecular formula is C14H15BrO2. The second kappa shape index (κ2) is 7.85. The van der Waals surface area contributed by atoms with Crippen molar-refractivity contribution in [2.45, 2.75) is 13.3 Å². The van der Waals surface area contributed by atoms with Crippen LogP contribution in [0.1, 0.15) is 18.9 Å². The number of esters is 1. The van der Waals surface area contributed by atoms with Crippen LogP contribution in [0.25, 0.3) is 6.08 Å². The van der Waals surface area contributed by atoms with Crippen LogP contribution in [0, 0.1) is 0 Å². The zero-order valence-corrected chi connectivity index (χ0v) is 11.3. The number of carbonyl (C=O) groups excluding carboxylic acids is 1. The van der Waals surface area contributed by atoms with E-state index in [0.29, 0.717) is 17.5 Å². The van der Waals surface area contributed by atoms with Gasteiger partial charge in [0.2, 0.25) is 0 Å². The Balaban J connectivity index is 2.44. The molecule has 0 bridgehead atoms. The lowest BCUT2D eigenvalue weighted by Crippen LogP contribution is -2.02. The molecule has 0 atom stereocenters. The van der Waals surface area contributed by atoms with Gasteiger partial charge < -0.3 is 4.74 Å². The number of hydrogen-bond acceptors (Lipinski definition) is 2. The first kappa shape index (κ1) is 13.7. The van der Waals surface area contributed by atoms with Gasteiger partial charge in [-0.15, -0.1) is 0 Å². The Kier molecular flexibility index (Phi) is 6.33. The van der Waals surface area contributed by atoms with Crippen molar-refractivity contribution in [3.05, 3.63) is 52.5 Å². The molecular weight excluding hydrogens is 280 g/mol. The van der Waals surface area contributed by atoms with Crippen molar-refractivity contribution < 1.29 is 9.53 Å². The van der Waals surface area contributed by atoms with Crippen LogP contribution in [-0.4, -0.2) is 12.6 Å². The van der Waals surface area contributed by atoms with Crippen molar-refractivity contribution in [3.63, 3.8) is 0 Å². The normalized spacial score (nSPS) is 11.8. The van der Waals surface area contributed by atoms with Gasteiger partial charge >= 0.3 is 5.97 Å². The van der Waals surface area contributed by atoms with Crippen molar-refractivity contribution in [1.29, 1.82) is 0 Å². The first-order valence-electron chi connectivity index (χ1n) is 5.48. The molecule has 0 aliphatic carbocycles. The van der Waals surface area contributed by atoms with Crippen LogP contribution in [-0.2, 0) is 9.53 Å². The predicted molar refractivity (Wildman–Crippen MR) is 73.7 cm³/mol. The summed E-state index contributed by atoms with van der Waals surface area (Å²) in [6.07, 6.45) is 6.49. The minimum atomic E-state index is -0.319. The van der Waals surface area contributed by atoms with Gasteiger partial charge in [-0.05, 0) is 34.8 Å². The maximum atomic E-state index is 11.2. The minimum Gasteiger partial charge on any atom is -0.462 e. The summed E-state index contributed by atoms with van der Waals surface area (Å²) in [7, 11) is 0. The van der Waals surface area contributed by atoms with Gasteiger partial charge in [0.1, 0.15) is 0 Å². The quantitative estimate of drug-likeness (QED) is 0.607. The van der Waals surface area contributed by atoms with E-state index >= 15 is 0 Å². The predicted octanol–water partition coefficient (Wildman–Crippen LogP) is 3.93. The molecule has 0 N–H and O–H groups in total. The number of hydrogen-bond donors (Lipinski definition) is 0. The Morgan fingerprint density at radius 3 is 2.71 bits per heavy atom. The topological polar surface area (TPSA) is 26.3 Å². The summed E-state index contributed by atoms with van der Waals surface area (Å²) in [5, 5.41) is 0. The molecule has 3 heteroatoms. The van der Waals surface area contributed by atoms with Crippen molar-refractivity contribution in [3.8, 4) is 0 Å². The summed E-state index contributed by atoms with van der Waals surface area (Å²) in [4.78, 5) is 11.2. The number of halogens is 1. The molecule has 0 aromatic heterocycles. The summed E-state index contributed by atoms with van der Waals surface area (Å²) in [5.41, 5.74) is 1.15. The summed E-state index contributed by atoms with van der Waals surface area (Å²) in [6, 6.07) is 10.0. The van der Waals surface area contributed by atoms with E-state index in [4.69, 9.17) is 4.74 Å². The molecule has 1 aromatic carbocycles. The van der Waals surface area contributed by atoms with Gasteiger partial charge in [0, 0.05) is 0 Å². The molecule has 0 saturated carbocycles. The third-order valence-electron chi connectivity index (χ3n) is 2.01. The fourth-order valence-electron chi connectivity index (χ4n) is 1.22. The van der Waals surface area contributed by atoms with Gasteiger partial charge in [-0.25, -0.2) is 4.79 Å². The van der Waals surface area contributed by atoms with E-state index in [2.05, 4.69) is 15.9 Å². The zero-order chi connectivity index (χ0) is 12.5. The SMILES string of the molecule is CCOC(=O)/C(Br)=C/C/C=C/c1ccccc1. The standard InChI is InChI=1S/C14H15BrO2/c1-2-17-14(16)13(15)11-7-6-10-12-8-4-3-5-9-12/h3-6,8-11H,2,7H2,1H3/b10-6+,13-11-. The summed E-state index contributed by atoms with van der Waals surface area (Å²) >= 11 is 3.18. The lowest BCUT2D eigenvalue weighted by Gasteiger charge is -1.98. The highest BCUT2D eigenvalue weighted by Gasteiger charge is 2.04. The average Bonchev–Trinajstić information content (AvgIpc) is 2.36. The Labute approximate surface area is 110 Å². The minimum absolute atomic E-state index is 0.319. The van der Waals surface area contributed by atoms with Gasteiger partial charge in [-0.2, -0.15) is 0 Å². The van der Waals surface area contributed by atoms with Gasteiger partial charge in [0.25, 0.3) is 0 Å². The molecule has 17 heavy (non-hydrogen) atoms. The molecule has 0 aliphatic heterocycles. The first-order chi connectivity index (χ1) is 8.24. The third-order valence-corrected chi connectivity index (χ3v) is 2.66. The molecule has 0 radical (unpaired) electrons. The van der Waals surface area contributed by atoms with Crippen molar-refractivity contribution in [2.75, 3.05) is 6.61 Å². The number of allylic oxidation sites excluding steroid dienone is 2. The molecule has 0 aliphatic rings. The Bertz CT molecular complexity index is 407. The Morgan fingerprint density at radius 2 is 2.06 bits per heavy atom. The first-order valence-corrected chi connectivity index (χ1v) is 6.27. The van der Waals surface area contributed by atoms with Gasteiger partial charge in [-0.3, -0.25) is 0 Å². The summed E-state index contributed by atoms with van der Waals surface area (Å²) < 4.78 is 5.31. The largest absolute Gasteiger partial charge is 0.462 e. The molecule has 90 valence electrons. The van der Waals surface area contributed by atoms with Crippen LogP contribution in [0.15, 0.2) is 47.0 Å². The van der Waals surface area contributed by atoms with Crippen LogP contribution in [0.3, 0.4) is 0 Å². The van der Waals surface area contributed by atoms with Crippen molar-refractivity contribution in [2.24, 2.45) is 0 Å². The van der Waals surface area contributed by atoms with Crippen LogP contribution in [0.4, 0.5) is 0 Å². The maximum Gasteiger partial charge on any atom is 0.344 e. The molecule has 0 fully saturated rings. The second-order valence-corrected chi connectivity index (χ2v) is 4.18. The monoisotopic (exact) mass is 294 g/mol. The van der Waals surface area contributed by atoms with E-state index in [-0.39, 0.29) is 5.97 Å². The Morgan fingerprint density at radius 1 is 1.35 bits per heavy atom. The molecule has 1 rings (SSSR count). The lowest BCUT2D eigenvalue weighted by atomic mass is 10.2. The molecule has 0 spiro atoms. The fraction of sp³-hybridized carbons (Fsp3) is 0.214. The highest BCUT2D eigenvalue weighted by Crippen LogP contribution is 2.09. The van der Waals surface area contributed by atoms with E-state index in [1.165, 1.54) is 0 Å². The Hall–Kier alpha value is -1.35. The summed E-state index contributed by atoms with van der Waals surface area (Å²) in [5.74, 6) is -0.319. The van der Waals surface area contributed by atoms with E-state index in [9.17, 15) is 4.79 Å². The van der Waals surface area contributed by atoms with E-state index in [1.54, 1.807) is 13.0 Å². The molecule has 0 unspecified atom stereocenters. The van der Waals surface area contributed by atoms with Crippen molar-refractivity contribution in [1.82, 2.24) is 0 Å². The van der Waals surface area contributed by atoms with Crippen molar-refractivity contribution >= 4 is 28.0 Å². The van der Waals surface area contributed by atoms with Gasteiger partial charge in [-0.1, -0.05) is 48.6 Å². The summed E-state index contributed by atoms with van der Waals surface area (Å²) in [6.45, 7) is 2.18. The van der Waals surface area contributed by atoms with Crippen LogP contribution in [0.5, 0.6) is 0 Å². The molecule has 0 amide bonds. The van der Waals surface area contributed by atoms with Crippen LogP contribution < -0.4 is 0 Å². The number of carbonyl (C=O) groups is 1. The third kappa shape index (κ3) is 5.50. The zero-order valence-electron chi connectivity index (χ0n) is 9.73. The number of rotatable bonds is 5. The highest BCUT2D eigenvalue weighted by atomic mass is 79.9. The molecule has 1 aromatic rings. The van der Waals surface area contributed by atoms with Gasteiger partial charge in [0.05, 0.1) is 11.1 Å². The smallest absolute Gasteiger partial charge is 0.344 e. The lowest BCUT2D eigenvalue weighted by molar-refractivity contribution is -0.137. The van der Waals surface area contributed by atoms with Crippen LogP contribution in [0.2, 0.25) is 0 Å². The molecule has 0 heterocycles. The molecule has 2 nitrogen and oxygen atoms in total. The second-order valence-electron chi connectivity index (χ2n) is 3.32. The average molecular weight is 295 g/mol.